The van der Waals surface area contributed by atoms with Crippen LogP contribution >= 0.6 is 0 Å². The fourth-order valence-corrected chi connectivity index (χ4v) is 4.49. The molecule has 0 spiro atoms. The molecule has 0 unspecified atom stereocenters. The number of carbonyl (C=O) groups is 1. The van der Waals surface area contributed by atoms with E-state index in [1.165, 1.54) is 26.4 Å². The highest BCUT2D eigenvalue weighted by Crippen LogP contribution is 2.38. The molecule has 0 fully saturated rings. The Hall–Kier alpha value is -3.33. The summed E-state index contributed by atoms with van der Waals surface area (Å²) in [6.45, 7) is 8.94. The molecule has 1 aliphatic rings. The van der Waals surface area contributed by atoms with Crippen LogP contribution in [0.15, 0.2) is 54.3 Å². The van der Waals surface area contributed by atoms with Gasteiger partial charge in [-0.2, -0.15) is 0 Å². The number of hydrogen-bond donors (Lipinski definition) is 2. The number of aromatic nitrogens is 1. The first kappa shape index (κ1) is 24.3. The second-order valence-corrected chi connectivity index (χ2v) is 9.94. The fraction of sp³-hybridized carbons (Fsp3) is 0.333. The number of benzene rings is 1. The van der Waals surface area contributed by atoms with E-state index in [9.17, 15) is 13.2 Å². The van der Waals surface area contributed by atoms with E-state index >= 15 is 0 Å². The van der Waals surface area contributed by atoms with E-state index in [1.807, 2.05) is 32.0 Å². The Balaban J connectivity index is 1.91. The number of carbonyl (C=O) groups excluding carboxylic acids is 1. The van der Waals surface area contributed by atoms with Gasteiger partial charge >= 0.3 is 6.03 Å². The van der Waals surface area contributed by atoms with E-state index in [4.69, 9.17) is 4.74 Å². The molecule has 1 aromatic heterocycles. The Kier molecular flexibility index (Phi) is 7.43. The second kappa shape index (κ2) is 10.1. The number of allylic oxidation sites excluding steroid dienone is 1. The van der Waals surface area contributed by atoms with E-state index in [2.05, 4.69) is 21.6 Å². The topological polar surface area (TPSA) is 101 Å². The average Bonchev–Trinajstić information content (AvgIpc) is 3.26. The van der Waals surface area contributed by atoms with Crippen molar-refractivity contribution >= 4 is 21.7 Å². The van der Waals surface area contributed by atoms with Crippen LogP contribution in [0.2, 0.25) is 0 Å². The van der Waals surface area contributed by atoms with E-state index < -0.39 is 16.1 Å². The standard InChI is InChI=1S/C24H30N4O4S/c1-6-28(16(2)3)15-17(4)33(30,31)27-24(29)26-23-20-9-7-8-18(20)10-11-21(23)19-12-13-25-22(14-19)32-5/h6,10-16H,1,7-9H2,2-5H3,(H2,26,27,29)/b17-15+. The summed E-state index contributed by atoms with van der Waals surface area (Å²) in [5.74, 6) is 0.448. The van der Waals surface area contributed by atoms with Crippen molar-refractivity contribution in [1.82, 2.24) is 14.6 Å². The lowest BCUT2D eigenvalue weighted by molar-refractivity contribution is 0.256. The molecule has 2 N–H and O–H groups in total. The number of methoxy groups -OCH3 is 1. The van der Waals surface area contributed by atoms with E-state index in [1.54, 1.807) is 17.2 Å². The molecule has 0 bridgehead atoms. The van der Waals surface area contributed by atoms with Gasteiger partial charge in [-0.15, -0.1) is 0 Å². The lowest BCUT2D eigenvalue weighted by Crippen LogP contribution is -2.35. The lowest BCUT2D eigenvalue weighted by atomic mass is 9.98. The SMILES string of the molecule is C=CN(/C=C(\C)S(=O)(=O)NC(=O)Nc1c(-c2ccnc(OC)c2)ccc2c1CCC2)C(C)C. The highest BCUT2D eigenvalue weighted by Gasteiger charge is 2.23. The zero-order valence-electron chi connectivity index (χ0n) is 19.4. The molecular formula is C24H30N4O4S. The molecule has 2 amide bonds. The van der Waals surface area contributed by atoms with Gasteiger partial charge < -0.3 is 15.0 Å². The molecule has 1 aliphatic carbocycles. The summed E-state index contributed by atoms with van der Waals surface area (Å²) in [6, 6.07) is 6.78. The van der Waals surface area contributed by atoms with E-state index in [-0.39, 0.29) is 10.9 Å². The lowest BCUT2D eigenvalue weighted by Gasteiger charge is -2.21. The molecule has 3 rings (SSSR count). The zero-order chi connectivity index (χ0) is 24.2. The third-order valence-electron chi connectivity index (χ3n) is 5.57. The first-order valence-electron chi connectivity index (χ1n) is 10.7. The van der Waals surface area contributed by atoms with E-state index in [0.717, 1.165) is 41.5 Å². The summed E-state index contributed by atoms with van der Waals surface area (Å²) in [5.41, 5.74) is 4.34. The summed E-state index contributed by atoms with van der Waals surface area (Å²) in [6.07, 6.45) is 7.30. The molecule has 1 heterocycles. The van der Waals surface area contributed by atoms with Gasteiger partial charge in [-0.05, 0) is 69.0 Å². The summed E-state index contributed by atoms with van der Waals surface area (Å²) in [4.78, 5) is 18.6. The third-order valence-corrected chi connectivity index (χ3v) is 6.97. The third kappa shape index (κ3) is 5.54. The average molecular weight is 471 g/mol. The van der Waals surface area contributed by atoms with Crippen LogP contribution in [0.25, 0.3) is 11.1 Å². The number of fused-ring (bicyclic) bond motifs is 1. The van der Waals surface area contributed by atoms with Crippen molar-refractivity contribution in [3.63, 3.8) is 0 Å². The highest BCUT2D eigenvalue weighted by atomic mass is 32.2. The van der Waals surface area contributed by atoms with E-state index in [0.29, 0.717) is 11.6 Å². The Morgan fingerprint density at radius 1 is 1.27 bits per heavy atom. The van der Waals surface area contributed by atoms with Gasteiger partial charge in [0, 0.05) is 30.1 Å². The van der Waals surface area contributed by atoms with Gasteiger partial charge in [0.05, 0.1) is 17.7 Å². The molecule has 0 aliphatic heterocycles. The molecule has 1 aromatic carbocycles. The van der Waals surface area contributed by atoms with Crippen molar-refractivity contribution in [2.45, 2.75) is 46.1 Å². The van der Waals surface area contributed by atoms with Gasteiger partial charge in [-0.1, -0.05) is 18.7 Å². The van der Waals surface area contributed by atoms with Gasteiger partial charge in [-0.3, -0.25) is 0 Å². The van der Waals surface area contributed by atoms with Gasteiger partial charge in [-0.25, -0.2) is 22.9 Å². The van der Waals surface area contributed by atoms with Crippen molar-refractivity contribution in [2.24, 2.45) is 0 Å². The fourth-order valence-electron chi connectivity index (χ4n) is 3.77. The monoisotopic (exact) mass is 470 g/mol. The minimum Gasteiger partial charge on any atom is -0.481 e. The summed E-state index contributed by atoms with van der Waals surface area (Å²) < 4.78 is 32.9. The van der Waals surface area contributed by atoms with Crippen LogP contribution in [0, 0.1) is 0 Å². The van der Waals surface area contributed by atoms with Gasteiger partial charge in [0.25, 0.3) is 10.0 Å². The van der Waals surface area contributed by atoms with Crippen molar-refractivity contribution in [3.05, 3.63) is 65.5 Å². The molecule has 33 heavy (non-hydrogen) atoms. The highest BCUT2D eigenvalue weighted by molar-refractivity contribution is 7.93. The largest absolute Gasteiger partial charge is 0.481 e. The maximum Gasteiger partial charge on any atom is 0.333 e. The van der Waals surface area contributed by atoms with Crippen LogP contribution in [0.4, 0.5) is 10.5 Å². The molecule has 176 valence electrons. The molecule has 8 nitrogen and oxygen atoms in total. The number of pyridine rings is 1. The maximum absolute atomic E-state index is 12.8. The van der Waals surface area contributed by atoms with Crippen LogP contribution < -0.4 is 14.8 Å². The van der Waals surface area contributed by atoms with Crippen molar-refractivity contribution in [1.29, 1.82) is 0 Å². The number of rotatable bonds is 8. The Bertz CT molecular complexity index is 1190. The molecule has 0 radical (unpaired) electrons. The minimum absolute atomic E-state index is 0.00336. The Morgan fingerprint density at radius 2 is 2.03 bits per heavy atom. The summed E-state index contributed by atoms with van der Waals surface area (Å²) in [5, 5.41) is 2.80. The smallest absolute Gasteiger partial charge is 0.333 e. The predicted octanol–water partition coefficient (Wildman–Crippen LogP) is 4.41. The number of nitrogens with one attached hydrogen (secondary N) is 2. The number of nitrogens with zero attached hydrogens (tertiary/aromatic N) is 2. The molecule has 0 saturated carbocycles. The number of ether oxygens (including phenoxy) is 1. The van der Waals surface area contributed by atoms with Crippen molar-refractivity contribution < 1.29 is 17.9 Å². The zero-order valence-corrected chi connectivity index (χ0v) is 20.2. The molecule has 0 saturated heterocycles. The summed E-state index contributed by atoms with van der Waals surface area (Å²) in [7, 11) is -2.50. The molecule has 2 aromatic rings. The van der Waals surface area contributed by atoms with Gasteiger partial charge in [0.1, 0.15) is 0 Å². The second-order valence-electron chi connectivity index (χ2n) is 8.09. The molecule has 0 atom stereocenters. The van der Waals surface area contributed by atoms with Crippen LogP contribution in [-0.4, -0.2) is 37.5 Å². The summed E-state index contributed by atoms with van der Waals surface area (Å²) >= 11 is 0. The number of urea groups is 1. The number of aryl methyl sites for hydroxylation is 1. The number of anilines is 1. The number of sulfonamides is 1. The van der Waals surface area contributed by atoms with Crippen LogP contribution in [0.1, 0.15) is 38.3 Å². The minimum atomic E-state index is -4.04. The number of hydrogen-bond acceptors (Lipinski definition) is 6. The van der Waals surface area contributed by atoms with Gasteiger partial charge in [0.2, 0.25) is 5.88 Å². The molecule has 9 heteroatoms. The van der Waals surface area contributed by atoms with Crippen molar-refractivity contribution in [2.75, 3.05) is 12.4 Å². The Labute approximate surface area is 195 Å². The first-order valence-corrected chi connectivity index (χ1v) is 12.2. The number of amides is 2. The first-order chi connectivity index (χ1) is 15.7. The van der Waals surface area contributed by atoms with Crippen LogP contribution in [0.5, 0.6) is 5.88 Å². The van der Waals surface area contributed by atoms with Crippen LogP contribution in [0.3, 0.4) is 0 Å². The van der Waals surface area contributed by atoms with Gasteiger partial charge in [0.15, 0.2) is 0 Å². The van der Waals surface area contributed by atoms with Crippen LogP contribution in [-0.2, 0) is 22.9 Å². The maximum atomic E-state index is 12.8. The quantitative estimate of drug-likeness (QED) is 0.593. The van der Waals surface area contributed by atoms with Crippen molar-refractivity contribution in [3.8, 4) is 17.0 Å². The normalized spacial score (nSPS) is 13.4. The predicted molar refractivity (Wildman–Crippen MR) is 130 cm³/mol. The Morgan fingerprint density at radius 3 is 2.70 bits per heavy atom. The molecular weight excluding hydrogens is 440 g/mol.